The van der Waals surface area contributed by atoms with E-state index in [0.717, 1.165) is 25.3 Å². The highest BCUT2D eigenvalue weighted by molar-refractivity contribution is 6.13. The van der Waals surface area contributed by atoms with Crippen LogP contribution < -0.4 is 15.4 Å². The summed E-state index contributed by atoms with van der Waals surface area (Å²) >= 11 is 0. The molecule has 156 valence electrons. The average Bonchev–Trinajstić information content (AvgIpc) is 3.41. The summed E-state index contributed by atoms with van der Waals surface area (Å²) in [5.41, 5.74) is 7.02. The standard InChI is InChI=1S/C21H24FN7O/c1-13(2)30-19-8-15(17(23)9-16(19)22)21(24)18-10-20(26-12-25-18)28-7-4-14(11-28)29-6-3-5-27-29/h3,5-6,8-10,12-14,24H,4,7,11,23H2,1-2H3. The third kappa shape index (κ3) is 3.96. The number of hydrogen-bond donors (Lipinski definition) is 2. The van der Waals surface area contributed by atoms with Gasteiger partial charge in [-0.3, -0.25) is 10.1 Å². The summed E-state index contributed by atoms with van der Waals surface area (Å²) in [5.74, 6) is 0.247. The maximum Gasteiger partial charge on any atom is 0.167 e. The van der Waals surface area contributed by atoms with Crippen molar-refractivity contribution >= 4 is 17.2 Å². The number of hydrogen-bond acceptors (Lipinski definition) is 7. The van der Waals surface area contributed by atoms with E-state index in [0.29, 0.717) is 11.3 Å². The van der Waals surface area contributed by atoms with Crippen molar-refractivity contribution in [1.29, 1.82) is 5.41 Å². The molecule has 1 atom stereocenters. The Morgan fingerprint density at radius 1 is 1.30 bits per heavy atom. The number of ether oxygens (including phenoxy) is 1. The van der Waals surface area contributed by atoms with Crippen LogP contribution in [0.15, 0.2) is 43.0 Å². The number of aromatic nitrogens is 4. The predicted molar refractivity (Wildman–Crippen MR) is 113 cm³/mol. The molecule has 1 unspecified atom stereocenters. The molecule has 3 aromatic rings. The van der Waals surface area contributed by atoms with E-state index in [-0.39, 0.29) is 29.3 Å². The lowest BCUT2D eigenvalue weighted by molar-refractivity contribution is 0.231. The van der Waals surface area contributed by atoms with Crippen molar-refractivity contribution in [3.05, 3.63) is 60.1 Å². The molecule has 9 heteroatoms. The molecular formula is C21H24FN7O. The van der Waals surface area contributed by atoms with Crippen molar-refractivity contribution < 1.29 is 9.13 Å². The summed E-state index contributed by atoms with van der Waals surface area (Å²) < 4.78 is 21.6. The molecule has 3 heterocycles. The number of rotatable bonds is 6. The van der Waals surface area contributed by atoms with Crippen LogP contribution in [-0.2, 0) is 0 Å². The van der Waals surface area contributed by atoms with E-state index >= 15 is 0 Å². The van der Waals surface area contributed by atoms with Gasteiger partial charge in [0, 0.05) is 48.9 Å². The summed E-state index contributed by atoms with van der Waals surface area (Å²) in [6.45, 7) is 5.23. The van der Waals surface area contributed by atoms with Crippen LogP contribution in [0.1, 0.15) is 37.6 Å². The molecule has 30 heavy (non-hydrogen) atoms. The zero-order valence-electron chi connectivity index (χ0n) is 16.9. The summed E-state index contributed by atoms with van der Waals surface area (Å²) in [6.07, 6.45) is 5.93. The van der Waals surface area contributed by atoms with Gasteiger partial charge in [0.2, 0.25) is 0 Å². The minimum Gasteiger partial charge on any atom is -0.488 e. The van der Waals surface area contributed by atoms with Crippen molar-refractivity contribution in [2.45, 2.75) is 32.4 Å². The van der Waals surface area contributed by atoms with E-state index in [4.69, 9.17) is 15.9 Å². The lowest BCUT2D eigenvalue weighted by atomic mass is 10.0. The molecule has 8 nitrogen and oxygen atoms in total. The number of halogens is 1. The first-order valence-corrected chi connectivity index (χ1v) is 9.83. The van der Waals surface area contributed by atoms with E-state index in [1.165, 1.54) is 18.5 Å². The van der Waals surface area contributed by atoms with Crippen LogP contribution in [0.2, 0.25) is 0 Å². The lowest BCUT2D eigenvalue weighted by Crippen LogP contribution is -2.22. The van der Waals surface area contributed by atoms with Crippen LogP contribution in [0, 0.1) is 11.2 Å². The van der Waals surface area contributed by atoms with Crippen LogP contribution in [0.5, 0.6) is 5.75 Å². The van der Waals surface area contributed by atoms with Crippen molar-refractivity contribution in [3.63, 3.8) is 0 Å². The monoisotopic (exact) mass is 409 g/mol. The third-order valence-corrected chi connectivity index (χ3v) is 5.03. The second-order valence-electron chi connectivity index (χ2n) is 7.55. The summed E-state index contributed by atoms with van der Waals surface area (Å²) in [4.78, 5) is 10.8. The Morgan fingerprint density at radius 3 is 2.87 bits per heavy atom. The molecule has 0 bridgehead atoms. The first-order valence-electron chi connectivity index (χ1n) is 9.83. The zero-order chi connectivity index (χ0) is 21.3. The molecule has 3 N–H and O–H groups in total. The van der Waals surface area contributed by atoms with Gasteiger partial charge in [0.25, 0.3) is 0 Å². The number of benzene rings is 1. The Labute approximate surface area is 174 Å². The minimum atomic E-state index is -0.553. The van der Waals surface area contributed by atoms with Crippen molar-refractivity contribution in [2.24, 2.45) is 0 Å². The number of nitrogen functional groups attached to an aromatic ring is 1. The highest BCUT2D eigenvalue weighted by Crippen LogP contribution is 2.28. The zero-order valence-corrected chi connectivity index (χ0v) is 16.9. The first kappa shape index (κ1) is 19.8. The molecule has 0 radical (unpaired) electrons. The van der Waals surface area contributed by atoms with Gasteiger partial charge in [0.15, 0.2) is 11.6 Å². The Hall–Kier alpha value is -3.49. The quantitative estimate of drug-likeness (QED) is 0.479. The topological polar surface area (TPSA) is 106 Å². The van der Waals surface area contributed by atoms with Crippen molar-refractivity contribution in [1.82, 2.24) is 19.7 Å². The van der Waals surface area contributed by atoms with E-state index in [9.17, 15) is 4.39 Å². The average molecular weight is 409 g/mol. The number of nitrogens with one attached hydrogen (secondary N) is 1. The van der Waals surface area contributed by atoms with Gasteiger partial charge in [-0.15, -0.1) is 0 Å². The Kier molecular flexibility index (Phi) is 5.35. The molecule has 0 aliphatic carbocycles. The highest BCUT2D eigenvalue weighted by Gasteiger charge is 2.26. The van der Waals surface area contributed by atoms with Gasteiger partial charge < -0.3 is 15.4 Å². The van der Waals surface area contributed by atoms with E-state index in [1.807, 2.05) is 30.8 Å². The molecule has 4 rings (SSSR count). The molecule has 0 spiro atoms. The van der Waals surface area contributed by atoms with Gasteiger partial charge in [0.05, 0.1) is 23.6 Å². The molecule has 1 fully saturated rings. The smallest absolute Gasteiger partial charge is 0.167 e. The van der Waals surface area contributed by atoms with E-state index in [2.05, 4.69) is 20.0 Å². The van der Waals surface area contributed by atoms with Crippen LogP contribution in [0.3, 0.4) is 0 Å². The molecule has 1 aliphatic heterocycles. The second kappa shape index (κ2) is 8.10. The fourth-order valence-electron chi connectivity index (χ4n) is 3.59. The largest absolute Gasteiger partial charge is 0.488 e. The summed E-state index contributed by atoms with van der Waals surface area (Å²) in [7, 11) is 0. The third-order valence-electron chi connectivity index (χ3n) is 5.03. The van der Waals surface area contributed by atoms with Crippen molar-refractivity contribution in [2.75, 3.05) is 23.7 Å². The van der Waals surface area contributed by atoms with Gasteiger partial charge in [-0.2, -0.15) is 5.10 Å². The predicted octanol–water partition coefficient (Wildman–Crippen LogP) is 3.05. The minimum absolute atomic E-state index is 0.0647. The van der Waals surface area contributed by atoms with Gasteiger partial charge >= 0.3 is 0 Å². The maximum absolute atomic E-state index is 14.2. The maximum atomic E-state index is 14.2. The number of anilines is 2. The molecule has 2 aromatic heterocycles. The van der Waals surface area contributed by atoms with Gasteiger partial charge in [0.1, 0.15) is 12.1 Å². The van der Waals surface area contributed by atoms with Crippen LogP contribution in [0.4, 0.5) is 15.9 Å². The van der Waals surface area contributed by atoms with Gasteiger partial charge in [-0.25, -0.2) is 14.4 Å². The van der Waals surface area contributed by atoms with Crippen LogP contribution >= 0.6 is 0 Å². The molecule has 1 aliphatic rings. The first-order chi connectivity index (χ1) is 14.4. The second-order valence-corrected chi connectivity index (χ2v) is 7.55. The highest BCUT2D eigenvalue weighted by atomic mass is 19.1. The van der Waals surface area contributed by atoms with Gasteiger partial charge in [-0.05, 0) is 32.4 Å². The summed E-state index contributed by atoms with van der Waals surface area (Å²) in [6, 6.07) is 6.59. The number of nitrogens with two attached hydrogens (primary N) is 1. The molecule has 1 aromatic carbocycles. The fraction of sp³-hybridized carbons (Fsp3) is 0.333. The molecule has 1 saturated heterocycles. The normalized spacial score (nSPS) is 16.3. The van der Waals surface area contributed by atoms with Crippen molar-refractivity contribution in [3.8, 4) is 5.75 Å². The van der Waals surface area contributed by atoms with E-state index < -0.39 is 5.82 Å². The number of nitrogens with zero attached hydrogens (tertiary/aromatic N) is 5. The van der Waals surface area contributed by atoms with Crippen LogP contribution in [-0.4, -0.2) is 44.7 Å². The summed E-state index contributed by atoms with van der Waals surface area (Å²) in [5, 5.41) is 12.9. The van der Waals surface area contributed by atoms with Gasteiger partial charge in [-0.1, -0.05) is 0 Å². The Bertz CT molecular complexity index is 1050. The molecular weight excluding hydrogens is 385 g/mol. The SMILES string of the molecule is CC(C)Oc1cc(C(=N)c2cc(N3CCC(n4cccn4)C3)ncn2)c(N)cc1F. The molecule has 0 amide bonds. The lowest BCUT2D eigenvalue weighted by Gasteiger charge is -2.18. The van der Waals surface area contributed by atoms with Crippen LogP contribution in [0.25, 0.3) is 0 Å². The Balaban J connectivity index is 1.58. The Morgan fingerprint density at radius 2 is 2.13 bits per heavy atom. The fourth-order valence-corrected chi connectivity index (χ4v) is 3.59. The van der Waals surface area contributed by atoms with E-state index in [1.54, 1.807) is 12.3 Å². The molecule has 0 saturated carbocycles.